The highest BCUT2D eigenvalue weighted by Gasteiger charge is 2.27. The zero-order chi connectivity index (χ0) is 12.1. The van der Waals surface area contributed by atoms with Crippen LogP contribution in [0.15, 0.2) is 0 Å². The third-order valence-electron chi connectivity index (χ3n) is 3.17. The minimum Gasteiger partial charge on any atom is -0.480 e. The normalized spacial score (nSPS) is 27.1. The van der Waals surface area contributed by atoms with Crippen molar-refractivity contribution in [3.8, 4) is 0 Å². The Labute approximate surface area is 95.4 Å². The molecule has 0 saturated heterocycles. The molecule has 1 aliphatic carbocycles. The summed E-state index contributed by atoms with van der Waals surface area (Å²) in [5.74, 6) is -1.17. The van der Waals surface area contributed by atoms with Crippen molar-refractivity contribution < 1.29 is 14.7 Å². The molecule has 0 unspecified atom stereocenters. The lowest BCUT2D eigenvalue weighted by molar-refractivity contribution is -0.142. The topological polar surface area (TPSA) is 92.4 Å². The van der Waals surface area contributed by atoms with Gasteiger partial charge in [0, 0.05) is 12.0 Å². The molecular formula is C11H20N2O3. The second-order valence-corrected chi connectivity index (χ2v) is 4.42. The van der Waals surface area contributed by atoms with Crippen LogP contribution in [0.5, 0.6) is 0 Å². The van der Waals surface area contributed by atoms with Gasteiger partial charge in [0.25, 0.3) is 0 Å². The van der Waals surface area contributed by atoms with Crippen LogP contribution >= 0.6 is 0 Å². The second kappa shape index (κ2) is 5.84. The molecule has 0 heterocycles. The second-order valence-electron chi connectivity index (χ2n) is 4.42. The number of nitrogens with two attached hydrogens (primary N) is 1. The van der Waals surface area contributed by atoms with Gasteiger partial charge in [-0.25, -0.2) is 4.79 Å². The molecule has 5 nitrogen and oxygen atoms in total. The van der Waals surface area contributed by atoms with Crippen LogP contribution < -0.4 is 11.1 Å². The summed E-state index contributed by atoms with van der Waals surface area (Å²) in [6.45, 7) is 1.75. The molecule has 0 radical (unpaired) electrons. The minimum atomic E-state index is -0.969. The Morgan fingerprint density at radius 2 is 1.94 bits per heavy atom. The van der Waals surface area contributed by atoms with E-state index >= 15 is 0 Å². The van der Waals surface area contributed by atoms with E-state index < -0.39 is 12.0 Å². The van der Waals surface area contributed by atoms with Crippen molar-refractivity contribution in [3.05, 3.63) is 0 Å². The van der Waals surface area contributed by atoms with Crippen molar-refractivity contribution in [2.45, 2.75) is 51.1 Å². The van der Waals surface area contributed by atoms with Crippen molar-refractivity contribution in [1.82, 2.24) is 5.32 Å². The molecule has 0 spiro atoms. The fourth-order valence-electron chi connectivity index (χ4n) is 2.01. The Morgan fingerprint density at radius 3 is 2.38 bits per heavy atom. The third-order valence-corrected chi connectivity index (χ3v) is 3.17. The van der Waals surface area contributed by atoms with E-state index in [9.17, 15) is 9.59 Å². The Kier molecular flexibility index (Phi) is 4.73. The molecule has 1 aliphatic rings. The van der Waals surface area contributed by atoms with Crippen LogP contribution in [0.3, 0.4) is 0 Å². The first-order valence-corrected chi connectivity index (χ1v) is 5.83. The van der Waals surface area contributed by atoms with E-state index in [1.54, 1.807) is 6.92 Å². The van der Waals surface area contributed by atoms with E-state index in [4.69, 9.17) is 10.8 Å². The Balaban J connectivity index is 2.42. The van der Waals surface area contributed by atoms with Crippen LogP contribution in [0.1, 0.15) is 39.0 Å². The first-order valence-electron chi connectivity index (χ1n) is 5.83. The quantitative estimate of drug-likeness (QED) is 0.652. The average molecular weight is 228 g/mol. The summed E-state index contributed by atoms with van der Waals surface area (Å²) < 4.78 is 0. The maximum Gasteiger partial charge on any atom is 0.326 e. The van der Waals surface area contributed by atoms with Crippen LogP contribution in [0.2, 0.25) is 0 Å². The van der Waals surface area contributed by atoms with Gasteiger partial charge in [0.2, 0.25) is 5.91 Å². The predicted molar refractivity (Wildman–Crippen MR) is 59.8 cm³/mol. The van der Waals surface area contributed by atoms with E-state index in [0.717, 1.165) is 25.7 Å². The largest absolute Gasteiger partial charge is 0.480 e. The fourth-order valence-corrected chi connectivity index (χ4v) is 2.01. The lowest BCUT2D eigenvalue weighted by atomic mass is 9.86. The molecule has 1 rings (SSSR count). The SMILES string of the molecule is CC[C@H](NC(=O)C1CCC(N)CC1)C(=O)O. The van der Waals surface area contributed by atoms with Gasteiger partial charge in [0.1, 0.15) is 6.04 Å². The summed E-state index contributed by atoms with van der Waals surface area (Å²) in [6.07, 6.45) is 3.64. The van der Waals surface area contributed by atoms with Gasteiger partial charge >= 0.3 is 5.97 Å². The minimum absolute atomic E-state index is 0.0619. The number of carbonyl (C=O) groups is 2. The number of aliphatic carboxylic acids is 1. The fraction of sp³-hybridized carbons (Fsp3) is 0.818. The first-order chi connectivity index (χ1) is 7.54. The van der Waals surface area contributed by atoms with E-state index in [-0.39, 0.29) is 17.9 Å². The highest BCUT2D eigenvalue weighted by molar-refractivity contribution is 5.84. The van der Waals surface area contributed by atoms with Crippen LogP contribution in [-0.2, 0) is 9.59 Å². The van der Waals surface area contributed by atoms with Gasteiger partial charge in [0.05, 0.1) is 0 Å². The Hall–Kier alpha value is -1.10. The van der Waals surface area contributed by atoms with Crippen molar-refractivity contribution in [2.24, 2.45) is 11.7 Å². The lowest BCUT2D eigenvalue weighted by Crippen LogP contribution is -2.44. The average Bonchev–Trinajstić information content (AvgIpc) is 2.26. The lowest BCUT2D eigenvalue weighted by Gasteiger charge is -2.26. The van der Waals surface area contributed by atoms with Gasteiger partial charge in [0.15, 0.2) is 0 Å². The van der Waals surface area contributed by atoms with Crippen LogP contribution in [0, 0.1) is 5.92 Å². The molecule has 1 atom stereocenters. The highest BCUT2D eigenvalue weighted by atomic mass is 16.4. The number of hydrogen-bond acceptors (Lipinski definition) is 3. The summed E-state index contributed by atoms with van der Waals surface area (Å²) in [5, 5.41) is 11.4. The van der Waals surface area contributed by atoms with Gasteiger partial charge in [-0.3, -0.25) is 4.79 Å². The molecule has 0 aromatic rings. The Morgan fingerprint density at radius 1 is 1.38 bits per heavy atom. The monoisotopic (exact) mass is 228 g/mol. The molecule has 92 valence electrons. The molecule has 5 heteroatoms. The highest BCUT2D eigenvalue weighted by Crippen LogP contribution is 2.23. The van der Waals surface area contributed by atoms with E-state index in [2.05, 4.69) is 5.32 Å². The van der Waals surface area contributed by atoms with Crippen LogP contribution in [0.4, 0.5) is 0 Å². The van der Waals surface area contributed by atoms with Gasteiger partial charge in [-0.15, -0.1) is 0 Å². The van der Waals surface area contributed by atoms with E-state index in [1.165, 1.54) is 0 Å². The zero-order valence-corrected chi connectivity index (χ0v) is 9.61. The molecule has 1 fully saturated rings. The number of carboxylic acid groups (broad SMARTS) is 1. The van der Waals surface area contributed by atoms with Gasteiger partial charge < -0.3 is 16.2 Å². The van der Waals surface area contributed by atoms with E-state index in [0.29, 0.717) is 6.42 Å². The standard InChI is InChI=1S/C11H20N2O3/c1-2-9(11(15)16)13-10(14)7-3-5-8(12)6-4-7/h7-9H,2-6,12H2,1H3,(H,13,14)(H,15,16)/t7?,8?,9-/m0/s1. The number of carboxylic acids is 1. The number of rotatable bonds is 4. The van der Waals surface area contributed by atoms with Gasteiger partial charge in [-0.2, -0.15) is 0 Å². The van der Waals surface area contributed by atoms with Gasteiger partial charge in [-0.1, -0.05) is 6.92 Å². The molecular weight excluding hydrogens is 208 g/mol. The number of nitrogens with one attached hydrogen (secondary N) is 1. The zero-order valence-electron chi connectivity index (χ0n) is 9.61. The summed E-state index contributed by atoms with van der Waals surface area (Å²) in [4.78, 5) is 22.5. The number of carbonyl (C=O) groups excluding carboxylic acids is 1. The summed E-state index contributed by atoms with van der Waals surface area (Å²) in [7, 11) is 0. The molecule has 1 saturated carbocycles. The maximum absolute atomic E-state index is 11.8. The van der Waals surface area contributed by atoms with Crippen LogP contribution in [-0.4, -0.2) is 29.1 Å². The van der Waals surface area contributed by atoms with Crippen molar-refractivity contribution in [3.63, 3.8) is 0 Å². The third kappa shape index (κ3) is 3.48. The number of amides is 1. The molecule has 0 aromatic carbocycles. The molecule has 16 heavy (non-hydrogen) atoms. The van der Waals surface area contributed by atoms with Crippen molar-refractivity contribution >= 4 is 11.9 Å². The number of hydrogen-bond donors (Lipinski definition) is 3. The Bertz CT molecular complexity index is 260. The van der Waals surface area contributed by atoms with Crippen molar-refractivity contribution in [1.29, 1.82) is 0 Å². The maximum atomic E-state index is 11.8. The van der Waals surface area contributed by atoms with Gasteiger partial charge in [-0.05, 0) is 32.1 Å². The van der Waals surface area contributed by atoms with Crippen molar-refractivity contribution in [2.75, 3.05) is 0 Å². The molecule has 0 aromatic heterocycles. The molecule has 1 amide bonds. The molecule has 0 aliphatic heterocycles. The van der Waals surface area contributed by atoms with Crippen LogP contribution in [0.25, 0.3) is 0 Å². The predicted octanol–water partition coefficient (Wildman–Crippen LogP) is 0.483. The summed E-state index contributed by atoms with van der Waals surface area (Å²) in [5.41, 5.74) is 5.75. The molecule has 0 bridgehead atoms. The molecule has 4 N–H and O–H groups in total. The smallest absolute Gasteiger partial charge is 0.326 e. The van der Waals surface area contributed by atoms with E-state index in [1.807, 2.05) is 0 Å². The first kappa shape index (κ1) is 13.0. The summed E-state index contributed by atoms with van der Waals surface area (Å²) in [6, 6.07) is -0.561. The summed E-state index contributed by atoms with van der Waals surface area (Å²) >= 11 is 0.